The Morgan fingerprint density at radius 1 is 1.20 bits per heavy atom. The summed E-state index contributed by atoms with van der Waals surface area (Å²) in [5, 5.41) is 8.48. The Labute approximate surface area is 88.7 Å². The van der Waals surface area contributed by atoms with E-state index < -0.39 is 0 Å². The van der Waals surface area contributed by atoms with Crippen molar-refractivity contribution in [2.45, 2.75) is 50.5 Å². The zero-order valence-electron chi connectivity index (χ0n) is 8.72. The number of aryl methyl sites for hydroxylation is 1. The van der Waals surface area contributed by atoms with Crippen LogP contribution in [0.5, 0.6) is 0 Å². The number of hydrogen-bond donors (Lipinski definition) is 0. The molecule has 0 bridgehead atoms. The highest BCUT2D eigenvalue weighted by atomic mass is 16.1. The van der Waals surface area contributed by atoms with Gasteiger partial charge in [-0.05, 0) is 25.7 Å². The van der Waals surface area contributed by atoms with Crippen molar-refractivity contribution in [3.63, 3.8) is 0 Å². The fraction of sp³-hybridized carbons (Fsp3) is 0.727. The molecule has 0 amide bonds. The first-order chi connectivity index (χ1) is 7.40. The average molecular weight is 205 g/mol. The van der Waals surface area contributed by atoms with Crippen LogP contribution in [0.1, 0.15) is 55.7 Å². The van der Waals surface area contributed by atoms with Crippen LogP contribution in [-0.2, 0) is 11.2 Å². The lowest BCUT2D eigenvalue weighted by molar-refractivity contribution is -0.111. The summed E-state index contributed by atoms with van der Waals surface area (Å²) < 4.78 is 2.10. The SMILES string of the molecule is O=CC1CCCc2nnc(C3CCC3)n21. The number of aldehydes is 1. The van der Waals surface area contributed by atoms with E-state index in [1.807, 2.05) is 0 Å². The first-order valence-electron chi connectivity index (χ1n) is 5.79. The molecule has 2 aliphatic rings. The van der Waals surface area contributed by atoms with E-state index in [2.05, 4.69) is 14.8 Å². The summed E-state index contributed by atoms with van der Waals surface area (Å²) in [5.74, 6) is 2.64. The van der Waals surface area contributed by atoms with Crippen molar-refractivity contribution in [2.75, 3.05) is 0 Å². The Morgan fingerprint density at radius 3 is 2.73 bits per heavy atom. The predicted octanol–water partition coefficient (Wildman–Crippen LogP) is 1.62. The van der Waals surface area contributed by atoms with Gasteiger partial charge in [-0.1, -0.05) is 6.42 Å². The molecule has 1 aliphatic carbocycles. The Kier molecular flexibility index (Phi) is 2.08. The largest absolute Gasteiger partial charge is 0.304 e. The summed E-state index contributed by atoms with van der Waals surface area (Å²) in [6.07, 6.45) is 7.75. The third-order valence-corrected chi connectivity index (χ3v) is 3.65. The molecule has 0 saturated heterocycles. The molecule has 15 heavy (non-hydrogen) atoms. The number of carbonyl (C=O) groups excluding carboxylic acids is 1. The quantitative estimate of drug-likeness (QED) is 0.689. The minimum Gasteiger partial charge on any atom is -0.304 e. The molecule has 0 aromatic carbocycles. The second-order valence-corrected chi connectivity index (χ2v) is 4.57. The first-order valence-corrected chi connectivity index (χ1v) is 5.79. The van der Waals surface area contributed by atoms with Crippen molar-refractivity contribution in [2.24, 2.45) is 0 Å². The lowest BCUT2D eigenvalue weighted by Crippen LogP contribution is -2.24. The van der Waals surface area contributed by atoms with Gasteiger partial charge in [0.15, 0.2) is 0 Å². The molecule has 0 N–H and O–H groups in total. The van der Waals surface area contributed by atoms with E-state index >= 15 is 0 Å². The van der Waals surface area contributed by atoms with Crippen LogP contribution in [-0.4, -0.2) is 21.1 Å². The van der Waals surface area contributed by atoms with Gasteiger partial charge < -0.3 is 9.36 Å². The van der Waals surface area contributed by atoms with Gasteiger partial charge in [-0.2, -0.15) is 0 Å². The zero-order chi connectivity index (χ0) is 10.3. The molecule has 1 aromatic heterocycles. The molecule has 1 atom stereocenters. The maximum atomic E-state index is 11.0. The van der Waals surface area contributed by atoms with Gasteiger partial charge >= 0.3 is 0 Å². The number of nitrogens with zero attached hydrogens (tertiary/aromatic N) is 3. The van der Waals surface area contributed by atoms with Crippen molar-refractivity contribution in [1.29, 1.82) is 0 Å². The molecule has 80 valence electrons. The molecule has 1 saturated carbocycles. The summed E-state index contributed by atoms with van der Waals surface area (Å²) >= 11 is 0. The van der Waals surface area contributed by atoms with Gasteiger partial charge in [0.1, 0.15) is 17.9 Å². The molecular weight excluding hydrogens is 190 g/mol. The molecule has 0 radical (unpaired) electrons. The molecule has 4 heteroatoms. The van der Waals surface area contributed by atoms with Gasteiger partial charge in [0.25, 0.3) is 0 Å². The summed E-state index contributed by atoms with van der Waals surface area (Å²) in [7, 11) is 0. The topological polar surface area (TPSA) is 47.8 Å². The Morgan fingerprint density at radius 2 is 2.07 bits per heavy atom. The fourth-order valence-electron chi connectivity index (χ4n) is 2.54. The molecule has 3 rings (SSSR count). The average Bonchev–Trinajstić information content (AvgIpc) is 2.59. The number of aromatic nitrogens is 3. The van der Waals surface area contributed by atoms with Crippen molar-refractivity contribution < 1.29 is 4.79 Å². The second-order valence-electron chi connectivity index (χ2n) is 4.57. The maximum Gasteiger partial charge on any atom is 0.142 e. The predicted molar refractivity (Wildman–Crippen MR) is 54.7 cm³/mol. The van der Waals surface area contributed by atoms with E-state index in [-0.39, 0.29) is 6.04 Å². The van der Waals surface area contributed by atoms with Gasteiger partial charge in [0.2, 0.25) is 0 Å². The van der Waals surface area contributed by atoms with Crippen LogP contribution in [0.25, 0.3) is 0 Å². The minimum atomic E-state index is -0.000602. The molecule has 2 heterocycles. The lowest BCUT2D eigenvalue weighted by Gasteiger charge is -2.28. The summed E-state index contributed by atoms with van der Waals surface area (Å²) in [6.45, 7) is 0. The maximum absolute atomic E-state index is 11.0. The van der Waals surface area contributed by atoms with Gasteiger partial charge in [-0.15, -0.1) is 10.2 Å². The highest BCUT2D eigenvalue weighted by Crippen LogP contribution is 2.38. The van der Waals surface area contributed by atoms with Crippen LogP contribution in [0.15, 0.2) is 0 Å². The molecule has 1 fully saturated rings. The molecule has 1 unspecified atom stereocenters. The number of fused-ring (bicyclic) bond motifs is 1. The monoisotopic (exact) mass is 205 g/mol. The minimum absolute atomic E-state index is 0.000602. The Hall–Kier alpha value is -1.19. The highest BCUT2D eigenvalue weighted by molar-refractivity contribution is 5.56. The van der Waals surface area contributed by atoms with Crippen molar-refractivity contribution >= 4 is 6.29 Å². The Balaban J connectivity index is 2.01. The third-order valence-electron chi connectivity index (χ3n) is 3.65. The van der Waals surface area contributed by atoms with Crippen LogP contribution in [0, 0.1) is 0 Å². The van der Waals surface area contributed by atoms with E-state index in [0.717, 1.165) is 37.2 Å². The standard InChI is InChI=1S/C11H15N3O/c15-7-9-5-2-6-10-12-13-11(14(9)10)8-3-1-4-8/h7-9H,1-6H2. The van der Waals surface area contributed by atoms with E-state index in [1.54, 1.807) is 0 Å². The molecule has 4 nitrogen and oxygen atoms in total. The third kappa shape index (κ3) is 1.31. The Bertz CT molecular complexity index is 381. The van der Waals surface area contributed by atoms with Crippen molar-refractivity contribution in [1.82, 2.24) is 14.8 Å². The summed E-state index contributed by atoms with van der Waals surface area (Å²) in [5.41, 5.74) is 0. The fourth-order valence-corrected chi connectivity index (χ4v) is 2.54. The van der Waals surface area contributed by atoms with Gasteiger partial charge in [-0.25, -0.2) is 0 Å². The molecule has 1 aromatic rings. The van der Waals surface area contributed by atoms with Crippen molar-refractivity contribution in [3.8, 4) is 0 Å². The van der Waals surface area contributed by atoms with Crippen molar-refractivity contribution in [3.05, 3.63) is 11.6 Å². The smallest absolute Gasteiger partial charge is 0.142 e. The number of rotatable bonds is 2. The molecular formula is C11H15N3O. The van der Waals surface area contributed by atoms with E-state index in [9.17, 15) is 4.79 Å². The summed E-state index contributed by atoms with van der Waals surface area (Å²) in [6, 6.07) is -0.000602. The molecule has 1 aliphatic heterocycles. The number of carbonyl (C=O) groups is 1. The second kappa shape index (κ2) is 3.43. The van der Waals surface area contributed by atoms with Crippen LogP contribution < -0.4 is 0 Å². The van der Waals surface area contributed by atoms with Crippen LogP contribution in [0.4, 0.5) is 0 Å². The number of hydrogen-bond acceptors (Lipinski definition) is 3. The lowest BCUT2D eigenvalue weighted by atomic mass is 9.84. The zero-order valence-corrected chi connectivity index (χ0v) is 8.72. The van der Waals surface area contributed by atoms with Crippen LogP contribution in [0.3, 0.4) is 0 Å². The van der Waals surface area contributed by atoms with E-state index in [4.69, 9.17) is 0 Å². The van der Waals surface area contributed by atoms with Gasteiger partial charge in [-0.3, -0.25) is 0 Å². The molecule has 0 spiro atoms. The van der Waals surface area contributed by atoms with Gasteiger partial charge in [0.05, 0.1) is 6.04 Å². The first kappa shape index (κ1) is 9.07. The van der Waals surface area contributed by atoms with Crippen LogP contribution in [0.2, 0.25) is 0 Å². The van der Waals surface area contributed by atoms with Gasteiger partial charge in [0, 0.05) is 12.3 Å². The van der Waals surface area contributed by atoms with Crippen LogP contribution >= 0.6 is 0 Å². The van der Waals surface area contributed by atoms with E-state index in [1.165, 1.54) is 19.3 Å². The van der Waals surface area contributed by atoms with E-state index in [0.29, 0.717) is 5.92 Å². The highest BCUT2D eigenvalue weighted by Gasteiger charge is 2.30. The normalized spacial score (nSPS) is 25.7. The summed E-state index contributed by atoms with van der Waals surface area (Å²) in [4.78, 5) is 11.0.